The fourth-order valence-corrected chi connectivity index (χ4v) is 6.11. The van der Waals surface area contributed by atoms with Gasteiger partial charge >= 0.3 is 0 Å². The predicted octanol–water partition coefficient (Wildman–Crippen LogP) is 8.86. The van der Waals surface area contributed by atoms with Crippen LogP contribution in [0.2, 0.25) is 0 Å². The number of benzene rings is 4. The summed E-state index contributed by atoms with van der Waals surface area (Å²) in [6.45, 7) is 8.69. The lowest BCUT2D eigenvalue weighted by Crippen LogP contribution is -2.26. The quantitative estimate of drug-likeness (QED) is 0.232. The molecule has 1 aliphatic heterocycles. The van der Waals surface area contributed by atoms with Gasteiger partial charge in [0.05, 0.1) is 11.4 Å². The molecule has 0 saturated carbocycles. The lowest BCUT2D eigenvalue weighted by Gasteiger charge is -2.36. The Labute approximate surface area is 235 Å². The Morgan fingerprint density at radius 2 is 1.12 bits per heavy atom. The van der Waals surface area contributed by atoms with Gasteiger partial charge in [0.1, 0.15) is 11.6 Å². The van der Waals surface area contributed by atoms with Gasteiger partial charge in [-0.1, -0.05) is 83.9 Å². The standard InChI is InChI=1S/C36H32N4/c1-24-15-19-28(20-16-24)34-32-26(3)23-38(29-11-7-5-8-12-29)35(32)39(30-21-17-25(2)18-22-30)36-33(34)27(4)37-40(36)31-13-9-6-10-14-31/h5-23,34H,1-4H3. The Hall–Kier alpha value is -4.83. The van der Waals surface area contributed by atoms with E-state index in [2.05, 4.69) is 157 Å². The van der Waals surface area contributed by atoms with E-state index in [9.17, 15) is 0 Å². The topological polar surface area (TPSA) is 26.0 Å². The monoisotopic (exact) mass is 520 g/mol. The van der Waals surface area contributed by atoms with Gasteiger partial charge in [0, 0.05) is 34.6 Å². The molecule has 4 heteroatoms. The number of rotatable bonds is 4. The zero-order valence-electron chi connectivity index (χ0n) is 23.3. The van der Waals surface area contributed by atoms with Crippen molar-refractivity contribution in [2.45, 2.75) is 33.6 Å². The van der Waals surface area contributed by atoms with Gasteiger partial charge in [0.15, 0.2) is 0 Å². The molecule has 0 saturated heterocycles. The molecule has 4 aromatic carbocycles. The van der Waals surface area contributed by atoms with Gasteiger partial charge in [-0.05, 0) is 75.2 Å². The van der Waals surface area contributed by atoms with Gasteiger partial charge in [-0.2, -0.15) is 5.10 Å². The molecule has 0 aliphatic carbocycles. The van der Waals surface area contributed by atoms with E-state index in [-0.39, 0.29) is 5.92 Å². The van der Waals surface area contributed by atoms with Gasteiger partial charge in [0.2, 0.25) is 0 Å². The van der Waals surface area contributed by atoms with Crippen molar-refractivity contribution >= 4 is 17.3 Å². The van der Waals surface area contributed by atoms with Crippen LogP contribution in [-0.4, -0.2) is 14.3 Å². The molecule has 3 heterocycles. The zero-order chi connectivity index (χ0) is 27.4. The van der Waals surface area contributed by atoms with Gasteiger partial charge in [-0.3, -0.25) is 4.90 Å². The smallest absolute Gasteiger partial charge is 0.147 e. The third-order valence-electron chi connectivity index (χ3n) is 8.04. The summed E-state index contributed by atoms with van der Waals surface area (Å²) in [6, 6.07) is 39.0. The minimum Gasteiger partial charge on any atom is -0.302 e. The molecule has 7 rings (SSSR count). The molecule has 196 valence electrons. The van der Waals surface area contributed by atoms with Crippen molar-refractivity contribution in [3.63, 3.8) is 0 Å². The minimum atomic E-state index is 0.0507. The van der Waals surface area contributed by atoms with Crippen LogP contribution in [0.25, 0.3) is 11.4 Å². The molecular formula is C36H32N4. The number of anilines is 3. The lowest BCUT2D eigenvalue weighted by atomic mass is 9.81. The predicted molar refractivity (Wildman–Crippen MR) is 164 cm³/mol. The first-order chi connectivity index (χ1) is 19.5. The molecule has 6 aromatic rings. The second-order valence-electron chi connectivity index (χ2n) is 10.8. The van der Waals surface area contributed by atoms with Crippen LogP contribution in [-0.2, 0) is 0 Å². The van der Waals surface area contributed by atoms with Crippen LogP contribution in [0.3, 0.4) is 0 Å². The molecule has 0 N–H and O–H groups in total. The first-order valence-electron chi connectivity index (χ1n) is 13.9. The summed E-state index contributed by atoms with van der Waals surface area (Å²) in [6.07, 6.45) is 2.30. The summed E-state index contributed by atoms with van der Waals surface area (Å²) in [5.41, 5.74) is 11.9. The molecule has 0 bridgehead atoms. The Morgan fingerprint density at radius 1 is 0.550 bits per heavy atom. The summed E-state index contributed by atoms with van der Waals surface area (Å²) < 4.78 is 4.48. The van der Waals surface area contributed by atoms with E-state index in [1.807, 2.05) is 0 Å². The van der Waals surface area contributed by atoms with E-state index in [1.54, 1.807) is 0 Å². The first-order valence-corrected chi connectivity index (χ1v) is 13.9. The van der Waals surface area contributed by atoms with Crippen LogP contribution in [0, 0.1) is 27.7 Å². The van der Waals surface area contributed by atoms with Gasteiger partial charge in [-0.15, -0.1) is 0 Å². The molecule has 2 aromatic heterocycles. The maximum atomic E-state index is 5.21. The number of aromatic nitrogens is 3. The second kappa shape index (κ2) is 9.42. The molecule has 1 atom stereocenters. The fourth-order valence-electron chi connectivity index (χ4n) is 6.11. The number of nitrogens with zero attached hydrogens (tertiary/aromatic N) is 4. The van der Waals surface area contributed by atoms with E-state index in [4.69, 9.17) is 5.10 Å². The third-order valence-corrected chi connectivity index (χ3v) is 8.04. The summed E-state index contributed by atoms with van der Waals surface area (Å²) in [7, 11) is 0. The van der Waals surface area contributed by atoms with Gasteiger partial charge in [0.25, 0.3) is 0 Å². The third kappa shape index (κ3) is 3.79. The van der Waals surface area contributed by atoms with Crippen LogP contribution in [0.1, 0.15) is 45.0 Å². The van der Waals surface area contributed by atoms with Crippen molar-refractivity contribution in [1.29, 1.82) is 0 Å². The van der Waals surface area contributed by atoms with Crippen LogP contribution in [0.15, 0.2) is 115 Å². The highest BCUT2D eigenvalue weighted by atomic mass is 15.4. The maximum absolute atomic E-state index is 5.21. The van der Waals surface area contributed by atoms with Crippen molar-refractivity contribution in [2.24, 2.45) is 0 Å². The Kier molecular flexibility index (Phi) is 5.71. The highest BCUT2D eigenvalue weighted by Gasteiger charge is 2.41. The summed E-state index contributed by atoms with van der Waals surface area (Å²) >= 11 is 0. The highest BCUT2D eigenvalue weighted by Crippen LogP contribution is 2.55. The molecular weight excluding hydrogens is 488 g/mol. The molecule has 1 aliphatic rings. The average molecular weight is 521 g/mol. The molecule has 0 radical (unpaired) electrons. The van der Waals surface area contributed by atoms with Crippen LogP contribution >= 0.6 is 0 Å². The Morgan fingerprint density at radius 3 is 1.75 bits per heavy atom. The van der Waals surface area contributed by atoms with Crippen LogP contribution in [0.4, 0.5) is 17.3 Å². The van der Waals surface area contributed by atoms with E-state index in [0.29, 0.717) is 0 Å². The van der Waals surface area contributed by atoms with Crippen molar-refractivity contribution in [1.82, 2.24) is 14.3 Å². The first kappa shape index (κ1) is 24.2. The van der Waals surface area contributed by atoms with Gasteiger partial charge in [-0.25, -0.2) is 4.68 Å². The number of aryl methyl sites for hydroxylation is 4. The zero-order valence-corrected chi connectivity index (χ0v) is 23.3. The van der Waals surface area contributed by atoms with Gasteiger partial charge < -0.3 is 4.57 Å². The fraction of sp³-hybridized carbons (Fsp3) is 0.139. The van der Waals surface area contributed by atoms with Crippen LogP contribution in [0.5, 0.6) is 0 Å². The largest absolute Gasteiger partial charge is 0.302 e. The van der Waals surface area contributed by atoms with Crippen molar-refractivity contribution in [3.8, 4) is 11.4 Å². The number of para-hydroxylation sites is 2. The average Bonchev–Trinajstić information content (AvgIpc) is 3.51. The molecule has 0 fully saturated rings. The number of hydrogen-bond donors (Lipinski definition) is 0. The number of fused-ring (bicyclic) bond motifs is 2. The summed E-state index contributed by atoms with van der Waals surface area (Å²) in [5, 5.41) is 5.21. The van der Waals surface area contributed by atoms with E-state index >= 15 is 0 Å². The molecule has 4 nitrogen and oxygen atoms in total. The Balaban J connectivity index is 1.62. The van der Waals surface area contributed by atoms with Crippen LogP contribution < -0.4 is 4.90 Å². The molecule has 0 amide bonds. The van der Waals surface area contributed by atoms with E-state index < -0.39 is 0 Å². The minimum absolute atomic E-state index is 0.0507. The molecule has 0 spiro atoms. The lowest BCUT2D eigenvalue weighted by molar-refractivity contribution is 0.841. The number of hydrogen-bond acceptors (Lipinski definition) is 2. The SMILES string of the molecule is Cc1ccc(C2c3c(C)cn(-c4ccccc4)c3N(c3ccc(C)cc3)c3c2c(C)nn3-c2ccccc2)cc1. The van der Waals surface area contributed by atoms with Crippen molar-refractivity contribution in [2.75, 3.05) is 4.90 Å². The summed E-state index contributed by atoms with van der Waals surface area (Å²) in [4.78, 5) is 2.42. The Bertz CT molecular complexity index is 1720. The molecule has 1 unspecified atom stereocenters. The molecule has 40 heavy (non-hydrogen) atoms. The van der Waals surface area contributed by atoms with E-state index in [0.717, 1.165) is 34.4 Å². The highest BCUT2D eigenvalue weighted by molar-refractivity contribution is 5.86. The second-order valence-corrected chi connectivity index (χ2v) is 10.8. The maximum Gasteiger partial charge on any atom is 0.147 e. The van der Waals surface area contributed by atoms with Crippen molar-refractivity contribution in [3.05, 3.63) is 154 Å². The van der Waals surface area contributed by atoms with E-state index in [1.165, 1.54) is 33.4 Å². The van der Waals surface area contributed by atoms with Crippen molar-refractivity contribution < 1.29 is 0 Å². The summed E-state index contributed by atoms with van der Waals surface area (Å²) in [5.74, 6) is 2.29. The normalized spacial score (nSPS) is 14.2.